The maximum absolute atomic E-state index is 5.90. The van der Waals surface area contributed by atoms with Crippen LogP contribution < -0.4 is 5.73 Å². The van der Waals surface area contributed by atoms with Gasteiger partial charge in [-0.2, -0.15) is 0 Å². The number of hydrogen-bond donors (Lipinski definition) is 1. The fraction of sp³-hybridized carbons (Fsp3) is 1.00. The SMILES string of the molecule is NC1CCC1C1CCCC1. The Labute approximate surface area is 63.0 Å². The van der Waals surface area contributed by atoms with Gasteiger partial charge < -0.3 is 5.73 Å². The lowest BCUT2D eigenvalue weighted by Gasteiger charge is -2.38. The molecule has 1 heteroatoms. The van der Waals surface area contributed by atoms with Gasteiger partial charge in [-0.15, -0.1) is 0 Å². The summed E-state index contributed by atoms with van der Waals surface area (Å²) in [6, 6.07) is 0.572. The molecule has 0 heterocycles. The van der Waals surface area contributed by atoms with Crippen LogP contribution in [-0.4, -0.2) is 6.04 Å². The highest BCUT2D eigenvalue weighted by Gasteiger charge is 2.35. The van der Waals surface area contributed by atoms with Crippen LogP contribution in [0.2, 0.25) is 0 Å². The molecule has 2 N–H and O–H groups in total. The van der Waals surface area contributed by atoms with Gasteiger partial charge in [0.25, 0.3) is 0 Å². The highest BCUT2D eigenvalue weighted by molar-refractivity contribution is 4.90. The Morgan fingerprint density at radius 1 is 0.900 bits per heavy atom. The van der Waals surface area contributed by atoms with Crippen molar-refractivity contribution in [3.05, 3.63) is 0 Å². The van der Waals surface area contributed by atoms with Gasteiger partial charge in [-0.05, 0) is 24.7 Å². The molecule has 0 aliphatic heterocycles. The third-order valence-corrected chi connectivity index (χ3v) is 3.39. The lowest BCUT2D eigenvalue weighted by Crippen LogP contribution is -2.42. The molecule has 2 aliphatic carbocycles. The lowest BCUT2D eigenvalue weighted by atomic mass is 9.71. The van der Waals surface area contributed by atoms with E-state index in [-0.39, 0.29) is 0 Å². The molecular formula is C9H17N. The summed E-state index contributed by atoms with van der Waals surface area (Å²) < 4.78 is 0. The molecule has 2 aliphatic rings. The van der Waals surface area contributed by atoms with Gasteiger partial charge in [-0.25, -0.2) is 0 Å². The molecule has 1 nitrogen and oxygen atoms in total. The van der Waals surface area contributed by atoms with Crippen LogP contribution >= 0.6 is 0 Å². The predicted molar refractivity (Wildman–Crippen MR) is 42.7 cm³/mol. The van der Waals surface area contributed by atoms with Crippen molar-refractivity contribution in [2.75, 3.05) is 0 Å². The molecule has 0 aromatic carbocycles. The van der Waals surface area contributed by atoms with Gasteiger partial charge in [-0.1, -0.05) is 25.7 Å². The highest BCUT2D eigenvalue weighted by Crippen LogP contribution is 2.41. The van der Waals surface area contributed by atoms with Crippen LogP contribution in [0.5, 0.6) is 0 Å². The van der Waals surface area contributed by atoms with Crippen molar-refractivity contribution in [2.24, 2.45) is 17.6 Å². The summed E-state index contributed by atoms with van der Waals surface area (Å²) in [5, 5.41) is 0. The zero-order chi connectivity index (χ0) is 6.97. The monoisotopic (exact) mass is 139 g/mol. The molecule has 0 radical (unpaired) electrons. The molecule has 2 rings (SSSR count). The summed E-state index contributed by atoms with van der Waals surface area (Å²) in [7, 11) is 0. The summed E-state index contributed by atoms with van der Waals surface area (Å²) in [6.07, 6.45) is 8.59. The first-order valence-corrected chi connectivity index (χ1v) is 4.63. The van der Waals surface area contributed by atoms with Crippen molar-refractivity contribution < 1.29 is 0 Å². The van der Waals surface area contributed by atoms with E-state index in [1.165, 1.54) is 38.5 Å². The van der Waals surface area contributed by atoms with Gasteiger partial charge in [0, 0.05) is 6.04 Å². The van der Waals surface area contributed by atoms with E-state index in [9.17, 15) is 0 Å². The molecule has 2 atom stereocenters. The van der Waals surface area contributed by atoms with Crippen LogP contribution in [0.4, 0.5) is 0 Å². The number of nitrogens with two attached hydrogens (primary N) is 1. The second-order valence-electron chi connectivity index (χ2n) is 3.95. The summed E-state index contributed by atoms with van der Waals surface area (Å²) in [5.74, 6) is 1.94. The summed E-state index contributed by atoms with van der Waals surface area (Å²) in [5.41, 5.74) is 5.90. The predicted octanol–water partition coefficient (Wildman–Crippen LogP) is 1.91. The van der Waals surface area contributed by atoms with Crippen molar-refractivity contribution >= 4 is 0 Å². The molecule has 0 bridgehead atoms. The van der Waals surface area contributed by atoms with Gasteiger partial charge >= 0.3 is 0 Å². The maximum Gasteiger partial charge on any atom is 0.00699 e. The standard InChI is InChI=1S/C9H17N/c10-9-6-5-8(9)7-3-1-2-4-7/h7-9H,1-6,10H2. The molecule has 58 valence electrons. The van der Waals surface area contributed by atoms with E-state index in [4.69, 9.17) is 5.73 Å². The summed E-state index contributed by atoms with van der Waals surface area (Å²) in [4.78, 5) is 0. The van der Waals surface area contributed by atoms with Crippen molar-refractivity contribution in [1.29, 1.82) is 0 Å². The lowest BCUT2D eigenvalue weighted by molar-refractivity contribution is 0.169. The molecule has 2 saturated carbocycles. The largest absolute Gasteiger partial charge is 0.327 e. The average Bonchev–Trinajstić information content (AvgIpc) is 2.37. The first-order valence-electron chi connectivity index (χ1n) is 4.63. The first-order chi connectivity index (χ1) is 4.88. The van der Waals surface area contributed by atoms with Gasteiger partial charge in [0.2, 0.25) is 0 Å². The number of rotatable bonds is 1. The van der Waals surface area contributed by atoms with Crippen LogP contribution in [-0.2, 0) is 0 Å². The molecule has 10 heavy (non-hydrogen) atoms. The maximum atomic E-state index is 5.90. The van der Waals surface area contributed by atoms with E-state index >= 15 is 0 Å². The van der Waals surface area contributed by atoms with E-state index in [1.807, 2.05) is 0 Å². The second-order valence-corrected chi connectivity index (χ2v) is 3.95. The Bertz CT molecular complexity index is 116. The Morgan fingerprint density at radius 3 is 2.00 bits per heavy atom. The summed E-state index contributed by atoms with van der Waals surface area (Å²) >= 11 is 0. The number of hydrogen-bond acceptors (Lipinski definition) is 1. The van der Waals surface area contributed by atoms with Crippen LogP contribution in [0.3, 0.4) is 0 Å². The Morgan fingerprint density at radius 2 is 1.60 bits per heavy atom. The van der Waals surface area contributed by atoms with E-state index in [0.717, 1.165) is 11.8 Å². The molecule has 2 unspecified atom stereocenters. The third-order valence-electron chi connectivity index (χ3n) is 3.39. The van der Waals surface area contributed by atoms with Gasteiger partial charge in [-0.3, -0.25) is 0 Å². The van der Waals surface area contributed by atoms with E-state index < -0.39 is 0 Å². The smallest absolute Gasteiger partial charge is 0.00699 e. The van der Waals surface area contributed by atoms with Crippen molar-refractivity contribution in [1.82, 2.24) is 0 Å². The minimum Gasteiger partial charge on any atom is -0.327 e. The minimum atomic E-state index is 0.572. The van der Waals surface area contributed by atoms with E-state index in [1.54, 1.807) is 0 Å². The molecule has 0 spiro atoms. The molecular weight excluding hydrogens is 122 g/mol. The van der Waals surface area contributed by atoms with Gasteiger partial charge in [0.15, 0.2) is 0 Å². The van der Waals surface area contributed by atoms with Crippen LogP contribution in [0, 0.1) is 11.8 Å². The van der Waals surface area contributed by atoms with Crippen molar-refractivity contribution in [3.63, 3.8) is 0 Å². The Hall–Kier alpha value is -0.0400. The van der Waals surface area contributed by atoms with Crippen molar-refractivity contribution in [2.45, 2.75) is 44.6 Å². The zero-order valence-electron chi connectivity index (χ0n) is 6.55. The zero-order valence-corrected chi connectivity index (χ0v) is 6.55. The third kappa shape index (κ3) is 0.968. The average molecular weight is 139 g/mol. The topological polar surface area (TPSA) is 26.0 Å². The molecule has 2 fully saturated rings. The summed E-state index contributed by atoms with van der Waals surface area (Å²) in [6.45, 7) is 0. The molecule has 0 saturated heterocycles. The Kier molecular flexibility index (Phi) is 1.69. The minimum absolute atomic E-state index is 0.572. The molecule has 0 aromatic rings. The fourth-order valence-electron chi connectivity index (χ4n) is 2.52. The first kappa shape index (κ1) is 6.66. The fourth-order valence-corrected chi connectivity index (χ4v) is 2.52. The Balaban J connectivity index is 1.86. The highest BCUT2D eigenvalue weighted by atomic mass is 14.7. The van der Waals surface area contributed by atoms with Gasteiger partial charge in [0.05, 0.1) is 0 Å². The van der Waals surface area contributed by atoms with Crippen LogP contribution in [0.25, 0.3) is 0 Å². The molecule has 0 amide bonds. The molecule has 0 aromatic heterocycles. The quantitative estimate of drug-likeness (QED) is 0.590. The van der Waals surface area contributed by atoms with Crippen LogP contribution in [0.15, 0.2) is 0 Å². The van der Waals surface area contributed by atoms with Gasteiger partial charge in [0.1, 0.15) is 0 Å². The van der Waals surface area contributed by atoms with Crippen molar-refractivity contribution in [3.8, 4) is 0 Å². The van der Waals surface area contributed by atoms with E-state index in [0.29, 0.717) is 6.04 Å². The van der Waals surface area contributed by atoms with Crippen LogP contribution in [0.1, 0.15) is 38.5 Å². The second kappa shape index (κ2) is 2.54. The van der Waals surface area contributed by atoms with E-state index in [2.05, 4.69) is 0 Å². The normalized spacial score (nSPS) is 41.7.